The van der Waals surface area contributed by atoms with Gasteiger partial charge in [0.15, 0.2) is 0 Å². The molecule has 0 saturated carbocycles. The van der Waals surface area contributed by atoms with E-state index in [-0.39, 0.29) is 5.56 Å². The van der Waals surface area contributed by atoms with Crippen LogP contribution in [-0.4, -0.2) is 39.8 Å². The standard InChI is InChI=1S/C16H20N4O/c1-19-10-6-13(7-11-19)12-20-16(21)3-2-15(18-20)14-4-8-17-9-5-14/h2-5,8-9,13H,6-7,10-12H2,1H3. The van der Waals surface area contributed by atoms with Gasteiger partial charge in [-0.05, 0) is 57.1 Å². The van der Waals surface area contributed by atoms with Crippen LogP contribution >= 0.6 is 0 Å². The largest absolute Gasteiger partial charge is 0.306 e. The van der Waals surface area contributed by atoms with Gasteiger partial charge in [0.25, 0.3) is 5.56 Å². The summed E-state index contributed by atoms with van der Waals surface area (Å²) in [5.41, 5.74) is 1.79. The molecule has 1 aliphatic heterocycles. The minimum atomic E-state index is -0.0215. The second kappa shape index (κ2) is 6.18. The van der Waals surface area contributed by atoms with Crippen molar-refractivity contribution in [3.8, 4) is 11.3 Å². The van der Waals surface area contributed by atoms with E-state index in [0.29, 0.717) is 12.5 Å². The van der Waals surface area contributed by atoms with Crippen LogP contribution in [0.15, 0.2) is 41.5 Å². The first-order valence-corrected chi connectivity index (χ1v) is 7.39. The smallest absolute Gasteiger partial charge is 0.266 e. The molecule has 0 unspecified atom stereocenters. The van der Waals surface area contributed by atoms with Crippen molar-refractivity contribution in [2.24, 2.45) is 5.92 Å². The Morgan fingerprint density at radius 3 is 2.57 bits per heavy atom. The average molecular weight is 284 g/mol. The summed E-state index contributed by atoms with van der Waals surface area (Å²) in [6.07, 6.45) is 5.74. The molecule has 0 spiro atoms. The topological polar surface area (TPSA) is 51.0 Å². The third-order valence-electron chi connectivity index (χ3n) is 4.11. The lowest BCUT2D eigenvalue weighted by molar-refractivity contribution is 0.200. The number of likely N-dealkylation sites (tertiary alicyclic amines) is 1. The SMILES string of the molecule is CN1CCC(Cn2nc(-c3ccncc3)ccc2=O)CC1. The minimum absolute atomic E-state index is 0.0215. The molecule has 0 N–H and O–H groups in total. The highest BCUT2D eigenvalue weighted by Crippen LogP contribution is 2.18. The van der Waals surface area contributed by atoms with E-state index in [1.807, 2.05) is 12.1 Å². The van der Waals surface area contributed by atoms with Crippen LogP contribution in [0.3, 0.4) is 0 Å². The van der Waals surface area contributed by atoms with E-state index >= 15 is 0 Å². The van der Waals surface area contributed by atoms with Gasteiger partial charge in [-0.25, -0.2) is 4.68 Å². The number of aromatic nitrogens is 3. The molecule has 5 heteroatoms. The van der Waals surface area contributed by atoms with Crippen LogP contribution in [0.4, 0.5) is 0 Å². The van der Waals surface area contributed by atoms with Crippen LogP contribution in [0, 0.1) is 5.92 Å². The molecule has 2 aromatic heterocycles. The van der Waals surface area contributed by atoms with Gasteiger partial charge in [0.1, 0.15) is 0 Å². The lowest BCUT2D eigenvalue weighted by Gasteiger charge is -2.28. The van der Waals surface area contributed by atoms with Gasteiger partial charge in [-0.15, -0.1) is 0 Å². The Balaban J connectivity index is 1.80. The predicted octanol–water partition coefficient (Wildman–Crippen LogP) is 1.65. The zero-order chi connectivity index (χ0) is 14.7. The first-order chi connectivity index (χ1) is 10.2. The lowest BCUT2D eigenvalue weighted by atomic mass is 9.97. The van der Waals surface area contributed by atoms with Gasteiger partial charge in [0, 0.05) is 30.6 Å². The third kappa shape index (κ3) is 3.36. The van der Waals surface area contributed by atoms with Crippen molar-refractivity contribution >= 4 is 0 Å². The number of pyridine rings is 1. The number of hydrogen-bond donors (Lipinski definition) is 0. The van der Waals surface area contributed by atoms with Gasteiger partial charge in [0.2, 0.25) is 0 Å². The van der Waals surface area contributed by atoms with E-state index < -0.39 is 0 Å². The summed E-state index contributed by atoms with van der Waals surface area (Å²) in [5, 5.41) is 4.52. The number of hydrogen-bond acceptors (Lipinski definition) is 4. The van der Waals surface area contributed by atoms with Crippen molar-refractivity contribution in [3.63, 3.8) is 0 Å². The molecule has 1 saturated heterocycles. The molecule has 0 radical (unpaired) electrons. The molecule has 3 heterocycles. The van der Waals surface area contributed by atoms with Crippen LogP contribution in [0.2, 0.25) is 0 Å². The first kappa shape index (κ1) is 13.9. The fourth-order valence-electron chi connectivity index (χ4n) is 2.75. The fraction of sp³-hybridized carbons (Fsp3) is 0.438. The highest BCUT2D eigenvalue weighted by Gasteiger charge is 2.18. The van der Waals surface area contributed by atoms with Gasteiger partial charge >= 0.3 is 0 Å². The molecular formula is C16H20N4O. The maximum absolute atomic E-state index is 12.0. The summed E-state index contributed by atoms with van der Waals surface area (Å²) in [4.78, 5) is 18.4. The zero-order valence-corrected chi connectivity index (χ0v) is 12.3. The quantitative estimate of drug-likeness (QED) is 0.860. The van der Waals surface area contributed by atoms with Crippen molar-refractivity contribution in [1.29, 1.82) is 0 Å². The van der Waals surface area contributed by atoms with E-state index in [4.69, 9.17) is 0 Å². The van der Waals surface area contributed by atoms with Crippen molar-refractivity contribution in [1.82, 2.24) is 19.7 Å². The minimum Gasteiger partial charge on any atom is -0.306 e. The second-order valence-corrected chi connectivity index (χ2v) is 5.72. The second-order valence-electron chi connectivity index (χ2n) is 5.72. The molecule has 5 nitrogen and oxygen atoms in total. The number of nitrogens with zero attached hydrogens (tertiary/aromatic N) is 4. The molecule has 0 bridgehead atoms. The van der Waals surface area contributed by atoms with Crippen molar-refractivity contribution in [2.75, 3.05) is 20.1 Å². The van der Waals surface area contributed by atoms with E-state index in [2.05, 4.69) is 22.0 Å². The Morgan fingerprint density at radius 1 is 1.14 bits per heavy atom. The molecule has 3 rings (SSSR count). The Kier molecular flexibility index (Phi) is 4.10. The van der Waals surface area contributed by atoms with Crippen LogP contribution in [0.5, 0.6) is 0 Å². The van der Waals surface area contributed by atoms with Gasteiger partial charge in [-0.2, -0.15) is 5.10 Å². The van der Waals surface area contributed by atoms with Gasteiger partial charge < -0.3 is 4.90 Å². The molecule has 1 fully saturated rings. The Hall–Kier alpha value is -2.01. The number of piperidine rings is 1. The van der Waals surface area contributed by atoms with Crippen LogP contribution in [0.1, 0.15) is 12.8 Å². The average Bonchev–Trinajstić information content (AvgIpc) is 2.52. The van der Waals surface area contributed by atoms with E-state index in [1.54, 1.807) is 29.2 Å². The highest BCUT2D eigenvalue weighted by molar-refractivity contribution is 5.56. The summed E-state index contributed by atoms with van der Waals surface area (Å²) in [7, 11) is 2.14. The molecule has 0 atom stereocenters. The summed E-state index contributed by atoms with van der Waals surface area (Å²) in [6, 6.07) is 7.21. The fourth-order valence-corrected chi connectivity index (χ4v) is 2.75. The molecule has 110 valence electrons. The molecule has 21 heavy (non-hydrogen) atoms. The maximum atomic E-state index is 12.0. The van der Waals surface area contributed by atoms with E-state index in [9.17, 15) is 4.79 Å². The summed E-state index contributed by atoms with van der Waals surface area (Å²) in [5.74, 6) is 0.541. The zero-order valence-electron chi connectivity index (χ0n) is 12.3. The first-order valence-electron chi connectivity index (χ1n) is 7.39. The van der Waals surface area contributed by atoms with Crippen LogP contribution in [-0.2, 0) is 6.54 Å². The lowest BCUT2D eigenvalue weighted by Crippen LogP contribution is -2.34. The Morgan fingerprint density at radius 2 is 1.86 bits per heavy atom. The number of rotatable bonds is 3. The molecule has 2 aromatic rings. The molecule has 0 aliphatic carbocycles. The Bertz CT molecular complexity index is 645. The molecule has 0 aromatic carbocycles. The van der Waals surface area contributed by atoms with E-state index in [0.717, 1.165) is 37.2 Å². The summed E-state index contributed by atoms with van der Waals surface area (Å²) >= 11 is 0. The Labute approximate surface area is 124 Å². The summed E-state index contributed by atoms with van der Waals surface area (Å²) in [6.45, 7) is 2.92. The van der Waals surface area contributed by atoms with Crippen LogP contribution < -0.4 is 5.56 Å². The van der Waals surface area contributed by atoms with Gasteiger partial charge in [0.05, 0.1) is 5.69 Å². The molecule has 0 amide bonds. The molecular weight excluding hydrogens is 264 g/mol. The van der Waals surface area contributed by atoms with Crippen molar-refractivity contribution in [2.45, 2.75) is 19.4 Å². The highest BCUT2D eigenvalue weighted by atomic mass is 16.1. The maximum Gasteiger partial charge on any atom is 0.266 e. The van der Waals surface area contributed by atoms with E-state index in [1.165, 1.54) is 0 Å². The third-order valence-corrected chi connectivity index (χ3v) is 4.11. The monoisotopic (exact) mass is 284 g/mol. The van der Waals surface area contributed by atoms with Crippen LogP contribution in [0.25, 0.3) is 11.3 Å². The molecule has 1 aliphatic rings. The van der Waals surface area contributed by atoms with Gasteiger partial charge in [-0.3, -0.25) is 9.78 Å². The normalized spacial score (nSPS) is 17.0. The summed E-state index contributed by atoms with van der Waals surface area (Å²) < 4.78 is 1.62. The predicted molar refractivity (Wildman–Crippen MR) is 81.9 cm³/mol. The van der Waals surface area contributed by atoms with Crippen molar-refractivity contribution in [3.05, 3.63) is 47.0 Å². The van der Waals surface area contributed by atoms with Crippen molar-refractivity contribution < 1.29 is 0 Å². The van der Waals surface area contributed by atoms with Gasteiger partial charge in [-0.1, -0.05) is 0 Å².